The van der Waals surface area contributed by atoms with E-state index in [4.69, 9.17) is 4.74 Å². The topological polar surface area (TPSA) is 101 Å². The minimum absolute atomic E-state index is 0.0320. The highest BCUT2D eigenvalue weighted by Gasteiger charge is 2.48. The SMILES string of the molecule is C[C@H]([C@](O)(Cn1cncn1)c1ccc(F)cc1F)S(=O)(=O)N1CCN(c2ccc(OCC(F)(F)F)cc2)CC1. The van der Waals surface area contributed by atoms with E-state index in [0.717, 1.165) is 16.8 Å². The Labute approximate surface area is 221 Å². The number of nitrogens with zero attached hydrogens (tertiary/aromatic N) is 5. The lowest BCUT2D eigenvalue weighted by Gasteiger charge is -2.40. The summed E-state index contributed by atoms with van der Waals surface area (Å²) in [5, 5.41) is 14.0. The van der Waals surface area contributed by atoms with Gasteiger partial charge in [0.1, 0.15) is 40.9 Å². The molecular formula is C24H26F5N5O4S. The zero-order chi connectivity index (χ0) is 28.4. The van der Waals surface area contributed by atoms with E-state index in [1.54, 1.807) is 12.1 Å². The predicted molar refractivity (Wildman–Crippen MR) is 130 cm³/mol. The van der Waals surface area contributed by atoms with Gasteiger partial charge in [-0.25, -0.2) is 26.9 Å². The van der Waals surface area contributed by atoms with Crippen LogP contribution >= 0.6 is 0 Å². The van der Waals surface area contributed by atoms with Gasteiger partial charge in [-0.05, 0) is 37.3 Å². The van der Waals surface area contributed by atoms with Crippen molar-refractivity contribution in [1.29, 1.82) is 0 Å². The summed E-state index contributed by atoms with van der Waals surface area (Å²) in [6.45, 7) is -0.0528. The predicted octanol–water partition coefficient (Wildman–Crippen LogP) is 2.93. The molecule has 0 radical (unpaired) electrons. The smallest absolute Gasteiger partial charge is 0.422 e. The zero-order valence-electron chi connectivity index (χ0n) is 20.7. The molecule has 0 amide bonds. The maximum Gasteiger partial charge on any atom is 0.422 e. The summed E-state index contributed by atoms with van der Waals surface area (Å²) in [6.07, 6.45) is -2.04. The third-order valence-corrected chi connectivity index (χ3v) is 8.96. The molecule has 0 spiro atoms. The number of rotatable bonds is 9. The van der Waals surface area contributed by atoms with Crippen molar-refractivity contribution in [1.82, 2.24) is 19.1 Å². The number of benzene rings is 2. The van der Waals surface area contributed by atoms with Crippen LogP contribution in [0.4, 0.5) is 27.6 Å². The van der Waals surface area contributed by atoms with Crippen LogP contribution in [-0.2, 0) is 22.2 Å². The van der Waals surface area contributed by atoms with E-state index in [1.807, 2.05) is 4.90 Å². The average molecular weight is 576 g/mol. The Morgan fingerprint density at radius 2 is 1.72 bits per heavy atom. The van der Waals surface area contributed by atoms with Crippen LogP contribution in [0, 0.1) is 11.6 Å². The van der Waals surface area contributed by atoms with E-state index >= 15 is 0 Å². The average Bonchev–Trinajstić information content (AvgIpc) is 3.39. The van der Waals surface area contributed by atoms with Crippen molar-refractivity contribution in [2.75, 3.05) is 37.7 Å². The largest absolute Gasteiger partial charge is 0.484 e. The second-order valence-electron chi connectivity index (χ2n) is 9.11. The first-order chi connectivity index (χ1) is 18.3. The van der Waals surface area contributed by atoms with Gasteiger partial charge in [-0.15, -0.1) is 0 Å². The van der Waals surface area contributed by atoms with E-state index in [2.05, 4.69) is 10.1 Å². The standard InChI is InChI=1S/C24H26F5N5O4S/c1-17(23(35,13-33-16-30-15-31-33)21-7-2-18(25)12-22(21)26)39(36,37)34-10-8-32(9-11-34)19-3-5-20(6-4-19)38-14-24(27,28)29/h2-7,12,15-17,35H,8-11,13-14H2,1H3/t17-,23-/m1/s1. The van der Waals surface area contributed by atoms with Crippen LogP contribution < -0.4 is 9.64 Å². The van der Waals surface area contributed by atoms with E-state index in [9.17, 15) is 35.5 Å². The summed E-state index contributed by atoms with van der Waals surface area (Å²) in [4.78, 5) is 5.63. The van der Waals surface area contributed by atoms with Gasteiger partial charge < -0.3 is 14.7 Å². The Kier molecular flexibility index (Phi) is 8.14. The molecule has 1 aliphatic rings. The molecule has 2 heterocycles. The van der Waals surface area contributed by atoms with Crippen molar-refractivity contribution >= 4 is 15.7 Å². The molecule has 2 atom stereocenters. The van der Waals surface area contributed by atoms with Crippen LogP contribution in [0.25, 0.3) is 0 Å². The molecule has 1 N–H and O–H groups in total. The first-order valence-corrected chi connectivity index (χ1v) is 13.3. The lowest BCUT2D eigenvalue weighted by atomic mass is 9.90. The molecule has 1 fully saturated rings. The first kappa shape index (κ1) is 28.7. The molecule has 212 valence electrons. The number of alkyl halides is 3. The molecule has 9 nitrogen and oxygen atoms in total. The zero-order valence-corrected chi connectivity index (χ0v) is 21.5. The number of hydrogen-bond acceptors (Lipinski definition) is 7. The van der Waals surface area contributed by atoms with Gasteiger partial charge in [-0.3, -0.25) is 0 Å². The third-order valence-electron chi connectivity index (χ3n) is 6.59. The molecule has 0 bridgehead atoms. The van der Waals surface area contributed by atoms with Gasteiger partial charge in [0, 0.05) is 43.5 Å². The van der Waals surface area contributed by atoms with Crippen LogP contribution in [0.2, 0.25) is 0 Å². The lowest BCUT2D eigenvalue weighted by Crippen LogP contribution is -2.56. The van der Waals surface area contributed by atoms with Crippen molar-refractivity contribution in [3.8, 4) is 5.75 Å². The molecule has 1 aromatic heterocycles. The number of hydrogen-bond donors (Lipinski definition) is 1. The van der Waals surface area contributed by atoms with Crippen LogP contribution in [0.15, 0.2) is 55.1 Å². The highest BCUT2D eigenvalue weighted by molar-refractivity contribution is 7.89. The molecule has 4 rings (SSSR count). The monoisotopic (exact) mass is 575 g/mol. The lowest BCUT2D eigenvalue weighted by molar-refractivity contribution is -0.153. The normalized spacial score (nSPS) is 17.6. The van der Waals surface area contributed by atoms with Crippen molar-refractivity contribution in [3.05, 3.63) is 72.3 Å². The third kappa shape index (κ3) is 6.47. The van der Waals surface area contributed by atoms with E-state index in [0.29, 0.717) is 11.8 Å². The molecule has 2 aromatic carbocycles. The maximum atomic E-state index is 14.8. The van der Waals surface area contributed by atoms with Crippen LogP contribution in [0.3, 0.4) is 0 Å². The van der Waals surface area contributed by atoms with Crippen molar-refractivity contribution in [2.24, 2.45) is 0 Å². The summed E-state index contributed by atoms with van der Waals surface area (Å²) in [5.74, 6) is -1.94. The van der Waals surface area contributed by atoms with Gasteiger partial charge in [0.05, 0.1) is 6.54 Å². The number of aromatic nitrogens is 3. The summed E-state index contributed by atoms with van der Waals surface area (Å²) in [5.41, 5.74) is -2.06. The highest BCUT2D eigenvalue weighted by atomic mass is 32.2. The van der Waals surface area contributed by atoms with Crippen LogP contribution in [0.5, 0.6) is 5.75 Å². The minimum atomic E-state index is -4.46. The fourth-order valence-corrected chi connectivity index (χ4v) is 6.24. The van der Waals surface area contributed by atoms with Crippen LogP contribution in [-0.4, -0.2) is 76.8 Å². The molecule has 0 aliphatic carbocycles. The number of anilines is 1. The van der Waals surface area contributed by atoms with Gasteiger partial charge in [-0.1, -0.05) is 6.07 Å². The van der Waals surface area contributed by atoms with Gasteiger partial charge in [0.15, 0.2) is 6.61 Å². The second-order valence-corrected chi connectivity index (χ2v) is 11.4. The molecule has 39 heavy (non-hydrogen) atoms. The fraction of sp³-hybridized carbons (Fsp3) is 0.417. The molecule has 0 saturated carbocycles. The highest BCUT2D eigenvalue weighted by Crippen LogP contribution is 2.35. The van der Waals surface area contributed by atoms with Crippen LogP contribution in [0.1, 0.15) is 12.5 Å². The molecule has 1 aliphatic heterocycles. The molecule has 15 heteroatoms. The quantitative estimate of drug-likeness (QED) is 0.392. The van der Waals surface area contributed by atoms with E-state index in [1.165, 1.54) is 36.0 Å². The molecule has 3 aromatic rings. The Hall–Kier alpha value is -3.30. The van der Waals surface area contributed by atoms with Crippen molar-refractivity contribution in [2.45, 2.75) is 30.5 Å². The second kappa shape index (κ2) is 11.1. The van der Waals surface area contributed by atoms with Gasteiger partial charge in [-0.2, -0.15) is 22.6 Å². The van der Waals surface area contributed by atoms with Crippen molar-refractivity contribution < 1.29 is 40.2 Å². The Bertz CT molecular complexity index is 1360. The Balaban J connectivity index is 1.49. The number of halogens is 5. The molecular weight excluding hydrogens is 549 g/mol. The number of aliphatic hydroxyl groups is 1. The summed E-state index contributed by atoms with van der Waals surface area (Å²) < 4.78 is 99.8. The van der Waals surface area contributed by atoms with E-state index < -0.39 is 57.4 Å². The fourth-order valence-electron chi connectivity index (χ4n) is 4.42. The van der Waals surface area contributed by atoms with Gasteiger partial charge >= 0.3 is 6.18 Å². The minimum Gasteiger partial charge on any atom is -0.484 e. The first-order valence-electron chi connectivity index (χ1n) is 11.8. The van der Waals surface area contributed by atoms with E-state index in [-0.39, 0.29) is 31.9 Å². The molecule has 1 saturated heterocycles. The maximum absolute atomic E-state index is 14.8. The Morgan fingerprint density at radius 3 is 2.28 bits per heavy atom. The summed E-state index contributed by atoms with van der Waals surface area (Å²) in [7, 11) is -4.22. The summed E-state index contributed by atoms with van der Waals surface area (Å²) in [6, 6.07) is 8.45. The number of ether oxygens (including phenoxy) is 1. The number of piperazine rings is 1. The Morgan fingerprint density at radius 1 is 1.05 bits per heavy atom. The number of sulfonamides is 1. The van der Waals surface area contributed by atoms with Gasteiger partial charge in [0.25, 0.3) is 0 Å². The van der Waals surface area contributed by atoms with Crippen molar-refractivity contribution in [3.63, 3.8) is 0 Å². The molecule has 0 unspecified atom stereocenters. The van der Waals surface area contributed by atoms with Gasteiger partial charge in [0.2, 0.25) is 10.0 Å². The summed E-state index contributed by atoms with van der Waals surface area (Å²) >= 11 is 0.